The quantitative estimate of drug-likeness (QED) is 0.751. The van der Waals surface area contributed by atoms with Crippen LogP contribution in [0.3, 0.4) is 0 Å². The highest BCUT2D eigenvalue weighted by Crippen LogP contribution is 2.25. The second-order valence-electron chi connectivity index (χ2n) is 3.96. The lowest BCUT2D eigenvalue weighted by Crippen LogP contribution is -2.14. The van der Waals surface area contributed by atoms with Crippen LogP contribution in [-0.2, 0) is 6.42 Å². The van der Waals surface area contributed by atoms with E-state index in [-0.39, 0.29) is 6.04 Å². The summed E-state index contributed by atoms with van der Waals surface area (Å²) in [6, 6.07) is 6.77. The number of fused-ring (bicyclic) bond motifs is 1. The Hall–Kier alpha value is -1.02. The molecule has 1 unspecified atom stereocenters. The molecule has 0 amide bonds. The summed E-state index contributed by atoms with van der Waals surface area (Å²) in [6.07, 6.45) is 3.43. The molecular weight excluding hydrogens is 172 g/mol. The lowest BCUT2D eigenvalue weighted by molar-refractivity contribution is 0.695. The largest absolute Gasteiger partial charge is 0.385 e. The fourth-order valence-electron chi connectivity index (χ4n) is 1.96. The Labute approximate surface area is 85.5 Å². The van der Waals surface area contributed by atoms with E-state index < -0.39 is 0 Å². The van der Waals surface area contributed by atoms with Gasteiger partial charge in [-0.15, -0.1) is 0 Å². The lowest BCUT2D eigenvalue weighted by Gasteiger charge is -2.20. The van der Waals surface area contributed by atoms with E-state index in [9.17, 15) is 0 Å². The molecule has 2 nitrogen and oxygen atoms in total. The van der Waals surface area contributed by atoms with E-state index in [0.29, 0.717) is 0 Å². The smallest absolute Gasteiger partial charge is 0.0372 e. The first-order valence-electron chi connectivity index (χ1n) is 5.43. The van der Waals surface area contributed by atoms with E-state index in [1.165, 1.54) is 29.7 Å². The molecule has 1 aromatic rings. The summed E-state index contributed by atoms with van der Waals surface area (Å²) in [4.78, 5) is 0. The summed E-state index contributed by atoms with van der Waals surface area (Å²) in [5.74, 6) is 0. The summed E-state index contributed by atoms with van der Waals surface area (Å²) < 4.78 is 0. The van der Waals surface area contributed by atoms with Crippen LogP contribution in [0.4, 0.5) is 5.69 Å². The average molecular weight is 190 g/mol. The minimum Gasteiger partial charge on any atom is -0.385 e. The van der Waals surface area contributed by atoms with Gasteiger partial charge in [-0.1, -0.05) is 19.1 Å². The maximum Gasteiger partial charge on any atom is 0.0372 e. The molecular formula is C12H18N2. The van der Waals surface area contributed by atoms with Crippen LogP contribution in [-0.4, -0.2) is 6.54 Å². The maximum absolute atomic E-state index is 6.01. The molecule has 1 atom stereocenters. The van der Waals surface area contributed by atoms with Gasteiger partial charge in [0.05, 0.1) is 0 Å². The molecule has 0 radical (unpaired) electrons. The Balaban J connectivity index is 2.29. The zero-order chi connectivity index (χ0) is 9.97. The molecule has 0 saturated carbocycles. The van der Waals surface area contributed by atoms with Crippen LogP contribution in [0.15, 0.2) is 18.2 Å². The fraction of sp³-hybridized carbons (Fsp3) is 0.500. The molecule has 0 aliphatic carbocycles. The van der Waals surface area contributed by atoms with E-state index in [1.807, 2.05) is 0 Å². The molecule has 0 saturated heterocycles. The molecule has 0 fully saturated rings. The Bertz CT molecular complexity index is 320. The van der Waals surface area contributed by atoms with Crippen LogP contribution >= 0.6 is 0 Å². The SMILES string of the molecule is CCC(N)c1ccc2c(c1)CCCN2. The summed E-state index contributed by atoms with van der Waals surface area (Å²) in [5.41, 5.74) is 10.0. The van der Waals surface area contributed by atoms with Crippen LogP contribution in [0.25, 0.3) is 0 Å². The van der Waals surface area contributed by atoms with Crippen molar-refractivity contribution < 1.29 is 0 Å². The Morgan fingerprint density at radius 2 is 2.36 bits per heavy atom. The molecule has 0 bridgehead atoms. The van der Waals surface area contributed by atoms with Crippen LogP contribution in [0, 0.1) is 0 Å². The average Bonchev–Trinajstić information content (AvgIpc) is 2.27. The second kappa shape index (κ2) is 4.01. The van der Waals surface area contributed by atoms with E-state index in [1.54, 1.807) is 0 Å². The van der Waals surface area contributed by atoms with E-state index in [2.05, 4.69) is 30.4 Å². The molecule has 1 aliphatic heterocycles. The lowest BCUT2D eigenvalue weighted by atomic mass is 9.97. The molecule has 1 heterocycles. The zero-order valence-electron chi connectivity index (χ0n) is 8.72. The Morgan fingerprint density at radius 1 is 1.50 bits per heavy atom. The van der Waals surface area contributed by atoms with Gasteiger partial charge < -0.3 is 11.1 Å². The van der Waals surface area contributed by atoms with Gasteiger partial charge in [0.2, 0.25) is 0 Å². The number of hydrogen-bond acceptors (Lipinski definition) is 2. The van der Waals surface area contributed by atoms with Crippen LogP contribution in [0.1, 0.15) is 36.9 Å². The summed E-state index contributed by atoms with van der Waals surface area (Å²) in [5, 5.41) is 3.41. The van der Waals surface area contributed by atoms with Crippen LogP contribution in [0.2, 0.25) is 0 Å². The van der Waals surface area contributed by atoms with Crippen molar-refractivity contribution >= 4 is 5.69 Å². The predicted molar refractivity (Wildman–Crippen MR) is 60.5 cm³/mol. The van der Waals surface area contributed by atoms with Gasteiger partial charge in [-0.3, -0.25) is 0 Å². The Kier molecular flexibility index (Phi) is 2.73. The van der Waals surface area contributed by atoms with Crippen molar-refractivity contribution in [1.82, 2.24) is 0 Å². The summed E-state index contributed by atoms with van der Waals surface area (Å²) >= 11 is 0. The van der Waals surface area contributed by atoms with Crippen molar-refractivity contribution in [2.24, 2.45) is 5.73 Å². The number of aryl methyl sites for hydroxylation is 1. The van der Waals surface area contributed by atoms with Gasteiger partial charge in [0.25, 0.3) is 0 Å². The van der Waals surface area contributed by atoms with Crippen LogP contribution in [0.5, 0.6) is 0 Å². The van der Waals surface area contributed by atoms with Gasteiger partial charge in [0, 0.05) is 18.3 Å². The Morgan fingerprint density at radius 3 is 3.14 bits per heavy atom. The maximum atomic E-state index is 6.01. The minimum atomic E-state index is 0.197. The number of rotatable bonds is 2. The van der Waals surface area contributed by atoms with Crippen molar-refractivity contribution in [2.75, 3.05) is 11.9 Å². The van der Waals surface area contributed by atoms with Crippen LogP contribution < -0.4 is 11.1 Å². The van der Waals surface area contributed by atoms with Gasteiger partial charge in [-0.05, 0) is 36.5 Å². The third kappa shape index (κ3) is 1.75. The van der Waals surface area contributed by atoms with Gasteiger partial charge in [-0.2, -0.15) is 0 Å². The van der Waals surface area contributed by atoms with Crippen molar-refractivity contribution in [3.05, 3.63) is 29.3 Å². The molecule has 2 heteroatoms. The highest BCUT2D eigenvalue weighted by Gasteiger charge is 2.10. The standard InChI is InChI=1S/C12H18N2/c1-2-11(13)9-5-6-12-10(8-9)4-3-7-14-12/h5-6,8,11,14H,2-4,7,13H2,1H3. The topological polar surface area (TPSA) is 38.0 Å². The van der Waals surface area contributed by atoms with Gasteiger partial charge in [0.15, 0.2) is 0 Å². The molecule has 1 aromatic carbocycles. The van der Waals surface area contributed by atoms with Crippen molar-refractivity contribution in [1.29, 1.82) is 0 Å². The van der Waals surface area contributed by atoms with Gasteiger partial charge in [-0.25, -0.2) is 0 Å². The molecule has 1 aliphatic rings. The summed E-state index contributed by atoms with van der Waals surface area (Å²) in [6.45, 7) is 3.23. The van der Waals surface area contributed by atoms with E-state index in [0.717, 1.165) is 13.0 Å². The highest BCUT2D eigenvalue weighted by molar-refractivity contribution is 5.54. The summed E-state index contributed by atoms with van der Waals surface area (Å²) in [7, 11) is 0. The molecule has 3 N–H and O–H groups in total. The zero-order valence-corrected chi connectivity index (χ0v) is 8.72. The fourth-order valence-corrected chi connectivity index (χ4v) is 1.96. The van der Waals surface area contributed by atoms with Gasteiger partial charge >= 0.3 is 0 Å². The molecule has 76 valence electrons. The minimum absolute atomic E-state index is 0.197. The third-order valence-corrected chi connectivity index (χ3v) is 2.94. The first-order chi connectivity index (χ1) is 6.81. The molecule has 2 rings (SSSR count). The molecule has 0 spiro atoms. The normalized spacial score (nSPS) is 17.0. The third-order valence-electron chi connectivity index (χ3n) is 2.94. The monoisotopic (exact) mass is 190 g/mol. The number of anilines is 1. The number of nitrogens with one attached hydrogen (secondary N) is 1. The van der Waals surface area contributed by atoms with E-state index in [4.69, 9.17) is 5.73 Å². The number of benzene rings is 1. The van der Waals surface area contributed by atoms with Crippen molar-refractivity contribution in [3.63, 3.8) is 0 Å². The molecule has 14 heavy (non-hydrogen) atoms. The first-order valence-corrected chi connectivity index (χ1v) is 5.43. The van der Waals surface area contributed by atoms with Crippen molar-refractivity contribution in [3.8, 4) is 0 Å². The van der Waals surface area contributed by atoms with Gasteiger partial charge in [0.1, 0.15) is 0 Å². The number of hydrogen-bond donors (Lipinski definition) is 2. The predicted octanol–water partition coefficient (Wildman–Crippen LogP) is 2.45. The van der Waals surface area contributed by atoms with E-state index >= 15 is 0 Å². The highest BCUT2D eigenvalue weighted by atomic mass is 14.9. The molecule has 0 aromatic heterocycles. The van der Waals surface area contributed by atoms with Crippen molar-refractivity contribution in [2.45, 2.75) is 32.2 Å². The number of nitrogens with two attached hydrogens (primary N) is 1. The first kappa shape index (κ1) is 9.53. The second-order valence-corrected chi connectivity index (χ2v) is 3.96.